The number of hydrogen-bond donors (Lipinski definition) is 1. The summed E-state index contributed by atoms with van der Waals surface area (Å²) in [4.78, 5) is 24.8. The molecule has 2 aromatic rings. The number of aryl methyl sites for hydroxylation is 1. The minimum Gasteiger partial charge on any atom is -0.507 e. The quantitative estimate of drug-likeness (QED) is 0.412. The fourth-order valence-electron chi connectivity index (χ4n) is 2.95. The van der Waals surface area contributed by atoms with E-state index in [-0.39, 0.29) is 23.2 Å². The lowest BCUT2D eigenvalue weighted by Gasteiger charge is -2.17. The number of aromatic hydroxyl groups is 1. The Hall–Kier alpha value is -2.79. The van der Waals surface area contributed by atoms with Crippen LogP contribution in [0.2, 0.25) is 5.02 Å². The van der Waals surface area contributed by atoms with E-state index in [1.54, 1.807) is 39.8 Å². The fraction of sp³-hybridized carbons (Fsp3) is 0.273. The highest BCUT2D eigenvalue weighted by Crippen LogP contribution is 2.31. The first-order valence-corrected chi connectivity index (χ1v) is 9.13. The van der Waals surface area contributed by atoms with Crippen LogP contribution in [-0.4, -0.2) is 30.1 Å². The van der Waals surface area contributed by atoms with E-state index in [1.807, 2.05) is 0 Å². The molecule has 1 N–H and O–H groups in total. The minimum atomic E-state index is -0.416. The Balaban J connectivity index is 2.42. The van der Waals surface area contributed by atoms with Gasteiger partial charge in [0.2, 0.25) is 0 Å². The highest BCUT2D eigenvalue weighted by Gasteiger charge is 2.20. The third-order valence-corrected chi connectivity index (χ3v) is 4.37. The molecule has 0 radical (unpaired) electrons. The normalized spacial score (nSPS) is 11.1. The zero-order chi connectivity index (χ0) is 21.0. The van der Waals surface area contributed by atoms with Gasteiger partial charge >= 0.3 is 5.97 Å². The summed E-state index contributed by atoms with van der Waals surface area (Å²) in [6, 6.07) is 6.07. The van der Waals surface area contributed by atoms with Crippen molar-refractivity contribution < 1.29 is 24.2 Å². The summed E-state index contributed by atoms with van der Waals surface area (Å²) in [5.74, 6) is -0.505. The van der Waals surface area contributed by atoms with Gasteiger partial charge in [0.15, 0.2) is 5.78 Å². The lowest BCUT2D eigenvalue weighted by atomic mass is 9.97. The molecular weight excluding hydrogens is 380 g/mol. The van der Waals surface area contributed by atoms with Crippen molar-refractivity contribution in [1.82, 2.24) is 0 Å². The van der Waals surface area contributed by atoms with Gasteiger partial charge in [-0.2, -0.15) is 0 Å². The maximum atomic E-state index is 12.4. The molecule has 0 aliphatic rings. The molecule has 6 heteroatoms. The molecule has 0 amide bonds. The molecule has 148 valence electrons. The molecule has 0 atom stereocenters. The molecule has 0 spiro atoms. The molecule has 0 aliphatic heterocycles. The Morgan fingerprint density at radius 3 is 2.43 bits per heavy atom. The molecule has 0 aromatic heterocycles. The first-order valence-electron chi connectivity index (χ1n) is 8.75. The van der Waals surface area contributed by atoms with Crippen molar-refractivity contribution in [1.29, 1.82) is 0 Å². The smallest absolute Gasteiger partial charge is 0.339 e. The van der Waals surface area contributed by atoms with E-state index in [4.69, 9.17) is 21.1 Å². The molecule has 0 saturated heterocycles. The molecule has 0 saturated carbocycles. The summed E-state index contributed by atoms with van der Waals surface area (Å²) in [5.41, 5.74) is 2.58. The van der Waals surface area contributed by atoms with Crippen LogP contribution in [0.15, 0.2) is 30.3 Å². The van der Waals surface area contributed by atoms with E-state index in [0.717, 1.165) is 0 Å². The number of carbonyl (C=O) groups is 2. The van der Waals surface area contributed by atoms with Crippen LogP contribution in [0.5, 0.6) is 11.5 Å². The summed E-state index contributed by atoms with van der Waals surface area (Å²) in [6.07, 6.45) is 2.69. The van der Waals surface area contributed by atoms with Crippen molar-refractivity contribution in [2.75, 3.05) is 7.11 Å². The average Bonchev–Trinajstić information content (AvgIpc) is 2.58. The van der Waals surface area contributed by atoms with Crippen LogP contribution in [0.4, 0.5) is 0 Å². The Bertz CT molecular complexity index is 944. The molecule has 28 heavy (non-hydrogen) atoms. The van der Waals surface area contributed by atoms with Crippen LogP contribution in [-0.2, 0) is 4.74 Å². The summed E-state index contributed by atoms with van der Waals surface area (Å²) in [7, 11) is 1.50. The molecule has 0 aliphatic carbocycles. The maximum absolute atomic E-state index is 12.4. The zero-order valence-electron chi connectivity index (χ0n) is 16.5. The monoisotopic (exact) mass is 402 g/mol. The van der Waals surface area contributed by atoms with Crippen molar-refractivity contribution in [3.63, 3.8) is 0 Å². The van der Waals surface area contributed by atoms with E-state index in [9.17, 15) is 14.7 Å². The van der Waals surface area contributed by atoms with E-state index in [2.05, 4.69) is 0 Å². The van der Waals surface area contributed by atoms with Gasteiger partial charge in [0.25, 0.3) is 0 Å². The lowest BCUT2D eigenvalue weighted by Crippen LogP contribution is -2.15. The van der Waals surface area contributed by atoms with Crippen molar-refractivity contribution >= 4 is 29.4 Å². The second kappa shape index (κ2) is 8.93. The zero-order valence-corrected chi connectivity index (χ0v) is 17.3. The van der Waals surface area contributed by atoms with Crippen molar-refractivity contribution in [2.45, 2.75) is 33.8 Å². The summed E-state index contributed by atoms with van der Waals surface area (Å²) in [6.45, 7) is 7.14. The Labute approximate surface area is 169 Å². The van der Waals surface area contributed by atoms with Gasteiger partial charge in [-0.05, 0) is 69.7 Å². The largest absolute Gasteiger partial charge is 0.507 e. The minimum absolute atomic E-state index is 0.144. The first kappa shape index (κ1) is 21.5. The summed E-state index contributed by atoms with van der Waals surface area (Å²) < 4.78 is 10.8. The van der Waals surface area contributed by atoms with Gasteiger partial charge < -0.3 is 14.6 Å². The van der Waals surface area contributed by atoms with Gasteiger partial charge in [-0.3, -0.25) is 4.79 Å². The average molecular weight is 403 g/mol. The van der Waals surface area contributed by atoms with E-state index in [1.165, 1.54) is 31.4 Å². The number of phenols is 1. The fourth-order valence-corrected chi connectivity index (χ4v) is 3.11. The number of carbonyl (C=O) groups excluding carboxylic acids is 2. The second-order valence-electron chi connectivity index (χ2n) is 6.63. The Morgan fingerprint density at radius 2 is 1.86 bits per heavy atom. The topological polar surface area (TPSA) is 72.8 Å². The molecule has 5 nitrogen and oxygen atoms in total. The maximum Gasteiger partial charge on any atom is 0.339 e. The van der Waals surface area contributed by atoms with Gasteiger partial charge in [0.05, 0.1) is 24.3 Å². The van der Waals surface area contributed by atoms with E-state index < -0.39 is 5.97 Å². The number of allylic oxidation sites excluding steroid dienone is 1. The van der Waals surface area contributed by atoms with E-state index >= 15 is 0 Å². The lowest BCUT2D eigenvalue weighted by molar-refractivity contribution is 0.0375. The second-order valence-corrected chi connectivity index (χ2v) is 7.07. The van der Waals surface area contributed by atoms with Crippen LogP contribution in [0.1, 0.15) is 51.3 Å². The number of ketones is 1. The third kappa shape index (κ3) is 4.73. The van der Waals surface area contributed by atoms with E-state index in [0.29, 0.717) is 33.0 Å². The predicted molar refractivity (Wildman–Crippen MR) is 110 cm³/mol. The van der Waals surface area contributed by atoms with Gasteiger partial charge in [-0.15, -0.1) is 0 Å². The van der Waals surface area contributed by atoms with Crippen LogP contribution in [0.3, 0.4) is 0 Å². The summed E-state index contributed by atoms with van der Waals surface area (Å²) >= 11 is 5.80. The highest BCUT2D eigenvalue weighted by atomic mass is 35.5. The van der Waals surface area contributed by atoms with Crippen LogP contribution < -0.4 is 4.74 Å². The Kier molecular flexibility index (Phi) is 6.86. The number of benzene rings is 2. The van der Waals surface area contributed by atoms with Crippen molar-refractivity contribution in [3.8, 4) is 11.5 Å². The van der Waals surface area contributed by atoms with Crippen LogP contribution in [0.25, 0.3) is 6.08 Å². The first-order chi connectivity index (χ1) is 13.1. The molecule has 2 rings (SSSR count). The number of ether oxygens (including phenoxy) is 2. The number of rotatable bonds is 6. The highest BCUT2D eigenvalue weighted by molar-refractivity contribution is 6.31. The molecule has 0 bridgehead atoms. The van der Waals surface area contributed by atoms with Crippen molar-refractivity contribution in [2.24, 2.45) is 0 Å². The predicted octanol–water partition coefficient (Wildman–Crippen LogP) is 5.13. The Morgan fingerprint density at radius 1 is 1.18 bits per heavy atom. The molecule has 0 heterocycles. The van der Waals surface area contributed by atoms with Crippen LogP contribution in [0, 0.1) is 13.8 Å². The van der Waals surface area contributed by atoms with Crippen molar-refractivity contribution in [3.05, 3.63) is 63.2 Å². The van der Waals surface area contributed by atoms with Gasteiger partial charge in [-0.1, -0.05) is 11.6 Å². The van der Waals surface area contributed by atoms with Crippen LogP contribution >= 0.6 is 11.6 Å². The number of phenolic OH excluding ortho intramolecular Hbond substituents is 1. The number of methoxy groups -OCH3 is 1. The summed E-state index contributed by atoms with van der Waals surface area (Å²) in [5, 5.41) is 10.2. The number of esters is 1. The molecule has 2 aromatic carbocycles. The van der Waals surface area contributed by atoms with Gasteiger partial charge in [0.1, 0.15) is 11.5 Å². The molecular formula is C22H23ClO5. The number of halogens is 1. The standard InChI is InChI=1S/C22H23ClO5/c1-12(2)28-22(26)20-13(3)10-15(21(27-5)14(20)4)6-9-18(24)17-8-7-16(23)11-19(17)25/h6-12,25H,1-5H3. The SMILES string of the molecule is COc1c(C=CC(=O)c2ccc(Cl)cc2O)cc(C)c(C(=O)OC(C)C)c1C. The third-order valence-electron chi connectivity index (χ3n) is 4.13. The van der Waals surface area contributed by atoms with Gasteiger partial charge in [0, 0.05) is 16.1 Å². The number of hydrogen-bond acceptors (Lipinski definition) is 5. The molecule has 0 unspecified atom stereocenters. The molecule has 0 fully saturated rings. The van der Waals surface area contributed by atoms with Gasteiger partial charge in [-0.25, -0.2) is 4.79 Å².